The maximum absolute atomic E-state index is 12.9. The average Bonchev–Trinajstić information content (AvgIpc) is 2.76. The fourth-order valence-corrected chi connectivity index (χ4v) is 4.91. The molecule has 1 aromatic heterocycles. The number of esters is 1. The molecule has 7 heteroatoms. The van der Waals surface area contributed by atoms with Crippen molar-refractivity contribution in [2.24, 2.45) is 11.3 Å². The molecule has 7 nitrogen and oxygen atoms in total. The number of nitrogens with zero attached hydrogens (tertiary/aromatic N) is 1. The molecule has 0 N–H and O–H groups in total. The van der Waals surface area contributed by atoms with Crippen LogP contribution < -0.4 is 14.9 Å². The lowest BCUT2D eigenvalue weighted by atomic mass is 9.78. The molecule has 0 bridgehead atoms. The second kappa shape index (κ2) is 9.45. The van der Waals surface area contributed by atoms with E-state index in [9.17, 15) is 9.59 Å². The summed E-state index contributed by atoms with van der Waals surface area (Å²) < 4.78 is 24.4. The first-order chi connectivity index (χ1) is 16.2. The van der Waals surface area contributed by atoms with Gasteiger partial charge >= 0.3 is 5.97 Å². The van der Waals surface area contributed by atoms with Gasteiger partial charge in [-0.2, -0.15) is 0 Å². The zero-order valence-corrected chi connectivity index (χ0v) is 21.0. The summed E-state index contributed by atoms with van der Waals surface area (Å²) in [6.07, 6.45) is 4.76. The second-order valence-corrected chi connectivity index (χ2v) is 10.3. The number of hydrogen-bond donors (Lipinski definition) is 0. The predicted molar refractivity (Wildman–Crippen MR) is 130 cm³/mol. The van der Waals surface area contributed by atoms with Crippen molar-refractivity contribution in [2.45, 2.75) is 59.1 Å². The highest BCUT2D eigenvalue weighted by molar-refractivity contribution is 5.89. The monoisotopic (exact) mass is 469 g/mol. The van der Waals surface area contributed by atoms with E-state index in [0.717, 1.165) is 36.1 Å². The van der Waals surface area contributed by atoms with Gasteiger partial charge in [0.05, 0.1) is 32.1 Å². The summed E-state index contributed by atoms with van der Waals surface area (Å²) in [5.74, 6) is 1.24. The fraction of sp³-hybridized carbons (Fsp3) is 0.556. The third kappa shape index (κ3) is 4.58. The lowest BCUT2D eigenvalue weighted by molar-refractivity contribution is -0.0144. The minimum absolute atomic E-state index is 0.0408. The lowest BCUT2D eigenvalue weighted by Gasteiger charge is -2.39. The summed E-state index contributed by atoms with van der Waals surface area (Å²) in [6, 6.07) is 5.57. The Morgan fingerprint density at radius 3 is 2.47 bits per heavy atom. The van der Waals surface area contributed by atoms with Gasteiger partial charge in [0.2, 0.25) is 0 Å². The number of fused-ring (bicyclic) bond motifs is 3. The van der Waals surface area contributed by atoms with Gasteiger partial charge in [-0.05, 0) is 55.2 Å². The summed E-state index contributed by atoms with van der Waals surface area (Å²) in [6.45, 7) is 9.07. The number of carbonyl (C=O) groups excluding carboxylic acids is 1. The van der Waals surface area contributed by atoms with Gasteiger partial charge in [-0.15, -0.1) is 0 Å². The third-order valence-corrected chi connectivity index (χ3v) is 6.99. The van der Waals surface area contributed by atoms with Crippen molar-refractivity contribution >= 4 is 5.97 Å². The molecule has 1 atom stereocenters. The van der Waals surface area contributed by atoms with Crippen LogP contribution in [-0.2, 0) is 15.9 Å². The molecule has 184 valence electrons. The molecule has 4 rings (SSSR count). The number of benzene rings is 1. The summed E-state index contributed by atoms with van der Waals surface area (Å²) in [7, 11) is 3.37. The van der Waals surface area contributed by atoms with Crippen molar-refractivity contribution in [3.63, 3.8) is 0 Å². The van der Waals surface area contributed by atoms with E-state index in [1.807, 2.05) is 12.1 Å². The molecular weight excluding hydrogens is 434 g/mol. The van der Waals surface area contributed by atoms with Gasteiger partial charge in [-0.3, -0.25) is 4.79 Å². The molecule has 2 aliphatic rings. The zero-order valence-electron chi connectivity index (χ0n) is 21.0. The Balaban J connectivity index is 1.74. The van der Waals surface area contributed by atoms with Gasteiger partial charge in [0.15, 0.2) is 16.9 Å². The number of rotatable bonds is 7. The van der Waals surface area contributed by atoms with Gasteiger partial charge < -0.3 is 23.5 Å². The normalized spacial score (nSPS) is 21.2. The van der Waals surface area contributed by atoms with Crippen LogP contribution in [0.2, 0.25) is 0 Å². The molecular formula is C27H35NO6. The van der Waals surface area contributed by atoms with Gasteiger partial charge in [0, 0.05) is 31.0 Å². The van der Waals surface area contributed by atoms with E-state index in [1.165, 1.54) is 0 Å². The minimum Gasteiger partial charge on any atom is -0.493 e. The number of pyridine rings is 1. The van der Waals surface area contributed by atoms with Crippen molar-refractivity contribution < 1.29 is 23.7 Å². The maximum atomic E-state index is 12.9. The first kappa shape index (κ1) is 24.3. The van der Waals surface area contributed by atoms with Crippen molar-refractivity contribution in [2.75, 3.05) is 27.4 Å². The summed E-state index contributed by atoms with van der Waals surface area (Å²) in [5, 5.41) is 0. The molecule has 1 saturated carbocycles. The quantitative estimate of drug-likeness (QED) is 0.550. The van der Waals surface area contributed by atoms with Crippen LogP contribution in [0, 0.1) is 11.3 Å². The fourth-order valence-electron chi connectivity index (χ4n) is 4.91. The first-order valence-electron chi connectivity index (χ1n) is 12.0. The van der Waals surface area contributed by atoms with E-state index in [0.29, 0.717) is 30.1 Å². The number of methoxy groups -OCH3 is 2. The van der Waals surface area contributed by atoms with E-state index < -0.39 is 5.97 Å². The molecule has 1 fully saturated rings. The Morgan fingerprint density at radius 1 is 1.12 bits per heavy atom. The van der Waals surface area contributed by atoms with Crippen molar-refractivity contribution in [3.05, 3.63) is 45.7 Å². The molecule has 2 heterocycles. The zero-order chi connectivity index (χ0) is 24.6. The summed E-state index contributed by atoms with van der Waals surface area (Å²) in [4.78, 5) is 25.3. The molecule has 2 aromatic rings. The predicted octanol–water partition coefficient (Wildman–Crippen LogP) is 4.65. The van der Waals surface area contributed by atoms with Crippen LogP contribution in [0.3, 0.4) is 0 Å². The van der Waals surface area contributed by atoms with Crippen molar-refractivity contribution in [1.29, 1.82) is 0 Å². The molecule has 1 unspecified atom stereocenters. The van der Waals surface area contributed by atoms with Crippen LogP contribution in [0.5, 0.6) is 11.5 Å². The van der Waals surface area contributed by atoms with Gasteiger partial charge in [-0.25, -0.2) is 4.79 Å². The number of aromatic nitrogens is 1. The SMILES string of the molecule is CCOC(=O)c1cn2c(cc1=O)-c1cc(OC)c(OCC3CC(OC)C3)cc1CC2C(C)(C)C. The Kier molecular flexibility index (Phi) is 6.76. The van der Waals surface area contributed by atoms with Crippen LogP contribution in [0.25, 0.3) is 11.3 Å². The smallest absolute Gasteiger partial charge is 0.343 e. The molecule has 1 aliphatic heterocycles. The molecule has 1 aliphatic carbocycles. The topological polar surface area (TPSA) is 76.0 Å². The van der Waals surface area contributed by atoms with Crippen LogP contribution >= 0.6 is 0 Å². The molecule has 0 amide bonds. The molecule has 1 aromatic carbocycles. The Bertz CT molecular complexity index is 1120. The van der Waals surface area contributed by atoms with Crippen LogP contribution in [-0.4, -0.2) is 44.1 Å². The third-order valence-electron chi connectivity index (χ3n) is 6.99. The lowest BCUT2D eigenvalue weighted by Crippen LogP contribution is -2.34. The van der Waals surface area contributed by atoms with Crippen LogP contribution in [0.1, 0.15) is 62.5 Å². The molecule has 0 radical (unpaired) electrons. The standard InChI is InChI=1S/C27H35NO6/c1-7-33-26(30)20-14-28-21(13-22(20)29)19-12-23(32-6)24(34-15-16-8-18(9-16)31-5)10-17(19)11-25(28)27(2,3)4/h10,12-14,16,18,25H,7-9,11,15H2,1-6H3. The van der Waals surface area contributed by atoms with Gasteiger partial charge in [0.1, 0.15) is 5.56 Å². The van der Waals surface area contributed by atoms with Gasteiger partial charge in [-0.1, -0.05) is 20.8 Å². The highest BCUT2D eigenvalue weighted by Crippen LogP contribution is 2.46. The Labute approximate surface area is 201 Å². The highest BCUT2D eigenvalue weighted by atomic mass is 16.5. The number of carbonyl (C=O) groups is 1. The Hall–Kier alpha value is -2.80. The van der Waals surface area contributed by atoms with E-state index in [2.05, 4.69) is 25.3 Å². The highest BCUT2D eigenvalue weighted by Gasteiger charge is 2.35. The first-order valence-corrected chi connectivity index (χ1v) is 12.0. The van der Waals surface area contributed by atoms with Gasteiger partial charge in [0.25, 0.3) is 0 Å². The van der Waals surface area contributed by atoms with Crippen molar-refractivity contribution in [3.8, 4) is 22.8 Å². The van der Waals surface area contributed by atoms with E-state index in [4.69, 9.17) is 18.9 Å². The molecule has 0 saturated heterocycles. The maximum Gasteiger partial charge on any atom is 0.343 e. The van der Waals surface area contributed by atoms with Crippen LogP contribution in [0.4, 0.5) is 0 Å². The Morgan fingerprint density at radius 2 is 1.85 bits per heavy atom. The average molecular weight is 470 g/mol. The minimum atomic E-state index is -0.589. The molecule has 34 heavy (non-hydrogen) atoms. The largest absolute Gasteiger partial charge is 0.493 e. The summed E-state index contributed by atoms with van der Waals surface area (Å²) in [5.41, 5.74) is 2.39. The molecule has 0 spiro atoms. The number of ether oxygens (including phenoxy) is 4. The van der Waals surface area contributed by atoms with Crippen LogP contribution in [0.15, 0.2) is 29.2 Å². The van der Waals surface area contributed by atoms with E-state index in [1.54, 1.807) is 33.4 Å². The van der Waals surface area contributed by atoms with E-state index >= 15 is 0 Å². The van der Waals surface area contributed by atoms with Crippen molar-refractivity contribution in [1.82, 2.24) is 4.57 Å². The second-order valence-electron chi connectivity index (χ2n) is 10.3. The number of hydrogen-bond acceptors (Lipinski definition) is 6. The summed E-state index contributed by atoms with van der Waals surface area (Å²) >= 11 is 0. The van der Waals surface area contributed by atoms with E-state index in [-0.39, 0.29) is 29.1 Å².